The lowest BCUT2D eigenvalue weighted by molar-refractivity contribution is 0.484. The van der Waals surface area contributed by atoms with Crippen LogP contribution in [0.25, 0.3) is 0 Å². The summed E-state index contributed by atoms with van der Waals surface area (Å²) < 4.78 is 5.53. The van der Waals surface area contributed by atoms with Crippen molar-refractivity contribution < 1.29 is 4.74 Å². The van der Waals surface area contributed by atoms with Crippen LogP contribution in [0.3, 0.4) is 0 Å². The highest BCUT2D eigenvalue weighted by Crippen LogP contribution is 2.25. The van der Waals surface area contributed by atoms with Crippen molar-refractivity contribution in [2.24, 2.45) is 0 Å². The maximum Gasteiger partial charge on any atom is 0.150 e. The van der Waals surface area contributed by atoms with E-state index in [-0.39, 0.29) is 0 Å². The van der Waals surface area contributed by atoms with Gasteiger partial charge in [0.2, 0.25) is 0 Å². The van der Waals surface area contributed by atoms with E-state index in [0.717, 1.165) is 0 Å². The summed E-state index contributed by atoms with van der Waals surface area (Å²) in [6.07, 6.45) is 0. The van der Waals surface area contributed by atoms with Gasteiger partial charge in [0.1, 0.15) is 11.5 Å². The van der Waals surface area contributed by atoms with Crippen molar-refractivity contribution in [2.45, 2.75) is 0 Å². The number of nitrogens with two attached hydrogens (primary N) is 1. The Morgan fingerprint density at radius 1 is 1.00 bits per heavy atom. The molecule has 0 aliphatic rings. The van der Waals surface area contributed by atoms with Gasteiger partial charge in [-0.15, -0.1) is 0 Å². The number of hydrogen-bond donors (Lipinski definition) is 1. The van der Waals surface area contributed by atoms with Crippen LogP contribution in [0.2, 0.25) is 0 Å². The smallest absolute Gasteiger partial charge is 0.150 e. The molecule has 2 aromatic rings. The molecule has 0 saturated carbocycles. The molecule has 0 aliphatic carbocycles. The van der Waals surface area contributed by atoms with Gasteiger partial charge in [-0.3, -0.25) is 0 Å². The van der Waals surface area contributed by atoms with Crippen LogP contribution in [0.1, 0.15) is 0 Å². The molecule has 0 saturated heterocycles. The molecule has 69 valence electrons. The highest BCUT2D eigenvalue weighted by molar-refractivity contribution is 5.53. The van der Waals surface area contributed by atoms with Crippen molar-refractivity contribution in [1.82, 2.24) is 0 Å². The third-order valence-electron chi connectivity index (χ3n) is 1.82. The van der Waals surface area contributed by atoms with Crippen molar-refractivity contribution >= 4 is 5.69 Å². The van der Waals surface area contributed by atoms with Crippen LogP contribution in [0.15, 0.2) is 48.5 Å². The molecule has 0 aromatic heterocycles. The molecule has 2 rings (SSSR count). The van der Waals surface area contributed by atoms with E-state index in [1.165, 1.54) is 0 Å². The predicted molar refractivity (Wildman–Crippen MR) is 56.2 cm³/mol. The van der Waals surface area contributed by atoms with Crippen LogP contribution < -0.4 is 10.5 Å². The fourth-order valence-electron chi connectivity index (χ4n) is 1.13. The second kappa shape index (κ2) is 3.83. The summed E-state index contributed by atoms with van der Waals surface area (Å²) in [5.41, 5.74) is 6.36. The number of hydrogen-bond acceptors (Lipinski definition) is 2. The largest absolute Gasteiger partial charge is 0.455 e. The molecule has 2 heteroatoms. The Kier molecular flexibility index (Phi) is 2.36. The molecule has 2 aromatic carbocycles. The summed E-state index contributed by atoms with van der Waals surface area (Å²) in [5.74, 6) is 1.33. The normalized spacial score (nSPS) is 9.71. The first-order chi connectivity index (χ1) is 6.86. The zero-order valence-electron chi connectivity index (χ0n) is 7.60. The van der Waals surface area contributed by atoms with E-state index in [2.05, 4.69) is 6.07 Å². The van der Waals surface area contributed by atoms with Crippen molar-refractivity contribution in [3.05, 3.63) is 54.6 Å². The molecule has 0 atom stereocenters. The summed E-state index contributed by atoms with van der Waals surface area (Å²) >= 11 is 0. The lowest BCUT2D eigenvalue weighted by Gasteiger charge is -2.06. The monoisotopic (exact) mass is 184 g/mol. The van der Waals surface area contributed by atoms with Gasteiger partial charge >= 0.3 is 0 Å². The molecule has 14 heavy (non-hydrogen) atoms. The number of para-hydroxylation sites is 3. The van der Waals surface area contributed by atoms with E-state index in [9.17, 15) is 0 Å². The lowest BCUT2D eigenvalue weighted by Crippen LogP contribution is -1.90. The van der Waals surface area contributed by atoms with Crippen molar-refractivity contribution in [1.29, 1.82) is 0 Å². The first-order valence-electron chi connectivity index (χ1n) is 4.35. The topological polar surface area (TPSA) is 35.2 Å². The van der Waals surface area contributed by atoms with E-state index < -0.39 is 0 Å². The number of benzene rings is 2. The van der Waals surface area contributed by atoms with Gasteiger partial charge in [-0.25, -0.2) is 0 Å². The Hall–Kier alpha value is -1.96. The molecule has 0 heterocycles. The predicted octanol–water partition coefficient (Wildman–Crippen LogP) is 2.86. The van der Waals surface area contributed by atoms with E-state index in [1.807, 2.05) is 36.4 Å². The molecular weight excluding hydrogens is 174 g/mol. The average molecular weight is 184 g/mol. The molecule has 1 radical (unpaired) electrons. The average Bonchev–Trinajstić information content (AvgIpc) is 2.23. The van der Waals surface area contributed by atoms with Crippen molar-refractivity contribution in [3.63, 3.8) is 0 Å². The highest BCUT2D eigenvalue weighted by Gasteiger charge is 1.99. The number of rotatable bonds is 2. The van der Waals surface area contributed by atoms with Gasteiger partial charge in [-0.05, 0) is 18.2 Å². The molecule has 0 spiro atoms. The van der Waals surface area contributed by atoms with Gasteiger partial charge in [-0.1, -0.05) is 30.3 Å². The number of ether oxygens (including phenoxy) is 1. The van der Waals surface area contributed by atoms with Crippen LogP contribution in [-0.2, 0) is 0 Å². The zero-order valence-corrected chi connectivity index (χ0v) is 7.60. The molecule has 2 N–H and O–H groups in total. The van der Waals surface area contributed by atoms with Gasteiger partial charge in [0, 0.05) is 6.07 Å². The Bertz CT molecular complexity index is 412. The maximum absolute atomic E-state index is 5.73. The van der Waals surface area contributed by atoms with Gasteiger partial charge in [-0.2, -0.15) is 0 Å². The van der Waals surface area contributed by atoms with Crippen LogP contribution in [0.4, 0.5) is 5.69 Å². The Morgan fingerprint density at radius 2 is 1.79 bits per heavy atom. The summed E-state index contributed by atoms with van der Waals surface area (Å²) in [7, 11) is 0. The highest BCUT2D eigenvalue weighted by atomic mass is 16.5. The third kappa shape index (κ3) is 1.85. The summed E-state index contributed by atoms with van der Waals surface area (Å²) in [4.78, 5) is 0. The number of nitrogen functional groups attached to an aromatic ring is 1. The van der Waals surface area contributed by atoms with Crippen LogP contribution >= 0.6 is 0 Å². The zero-order chi connectivity index (χ0) is 9.80. The number of anilines is 1. The summed E-state index contributed by atoms with van der Waals surface area (Å²) in [6, 6.07) is 17.8. The van der Waals surface area contributed by atoms with Gasteiger partial charge < -0.3 is 10.5 Å². The molecule has 0 amide bonds. The summed E-state index contributed by atoms with van der Waals surface area (Å²) in [6.45, 7) is 0. The molecular formula is C12H10NO. The quantitative estimate of drug-likeness (QED) is 0.728. The molecule has 0 fully saturated rings. The lowest BCUT2D eigenvalue weighted by atomic mass is 10.3. The Morgan fingerprint density at radius 3 is 2.50 bits per heavy atom. The molecule has 0 aliphatic heterocycles. The van der Waals surface area contributed by atoms with E-state index in [4.69, 9.17) is 10.5 Å². The third-order valence-corrected chi connectivity index (χ3v) is 1.82. The maximum atomic E-state index is 5.73. The first kappa shape index (κ1) is 8.63. The summed E-state index contributed by atoms with van der Waals surface area (Å²) in [5, 5.41) is 0. The molecule has 0 unspecified atom stereocenters. The minimum Gasteiger partial charge on any atom is -0.455 e. The fourth-order valence-corrected chi connectivity index (χ4v) is 1.13. The van der Waals surface area contributed by atoms with E-state index >= 15 is 0 Å². The van der Waals surface area contributed by atoms with Gasteiger partial charge in [0.15, 0.2) is 0 Å². The minimum absolute atomic E-state index is 0.629. The van der Waals surface area contributed by atoms with E-state index in [0.29, 0.717) is 17.2 Å². The standard InChI is InChI=1S/C12H10NO/c13-11-8-4-5-9-12(11)14-10-6-2-1-3-7-10/h1-6,8-9H,13H2. The Labute approximate surface area is 82.9 Å². The van der Waals surface area contributed by atoms with Crippen molar-refractivity contribution in [3.8, 4) is 11.5 Å². The second-order valence-corrected chi connectivity index (χ2v) is 2.87. The second-order valence-electron chi connectivity index (χ2n) is 2.87. The van der Waals surface area contributed by atoms with Crippen molar-refractivity contribution in [2.75, 3.05) is 5.73 Å². The van der Waals surface area contributed by atoms with Gasteiger partial charge in [0.05, 0.1) is 5.69 Å². The molecule has 2 nitrogen and oxygen atoms in total. The minimum atomic E-state index is 0.629. The molecule has 0 bridgehead atoms. The Balaban J connectivity index is 2.24. The van der Waals surface area contributed by atoms with E-state index in [1.54, 1.807) is 12.1 Å². The van der Waals surface area contributed by atoms with Gasteiger partial charge in [0.25, 0.3) is 0 Å². The SMILES string of the molecule is Nc1ccccc1Oc1[c]cccc1. The first-order valence-corrected chi connectivity index (χ1v) is 4.35. The van der Waals surface area contributed by atoms with Crippen LogP contribution in [0.5, 0.6) is 11.5 Å². The van der Waals surface area contributed by atoms with Crippen LogP contribution in [0, 0.1) is 6.07 Å². The van der Waals surface area contributed by atoms with Crippen LogP contribution in [-0.4, -0.2) is 0 Å². The fraction of sp³-hybridized carbons (Fsp3) is 0.